The Morgan fingerprint density at radius 3 is 2.61 bits per heavy atom. The highest BCUT2D eigenvalue weighted by molar-refractivity contribution is 6.04. The predicted molar refractivity (Wildman–Crippen MR) is 96.1 cm³/mol. The minimum Gasteiger partial charge on any atom is -0.501 e. The molecule has 0 saturated carbocycles. The van der Waals surface area contributed by atoms with Gasteiger partial charge in [-0.25, -0.2) is 9.78 Å². The fourth-order valence-corrected chi connectivity index (χ4v) is 2.70. The number of ether oxygens (including phenoxy) is 1. The lowest BCUT2D eigenvalue weighted by molar-refractivity contribution is 0.00711. The molecule has 2 aromatic heterocycles. The Balaban J connectivity index is 1.79. The second-order valence-corrected chi connectivity index (χ2v) is 7.48. The lowest BCUT2D eigenvalue weighted by atomic mass is 9.99. The summed E-state index contributed by atoms with van der Waals surface area (Å²) in [4.78, 5) is 42.4. The summed E-state index contributed by atoms with van der Waals surface area (Å²) in [5.41, 5.74) is -1.52. The quantitative estimate of drug-likeness (QED) is 0.791. The van der Waals surface area contributed by atoms with Crippen LogP contribution in [0.2, 0.25) is 0 Å². The summed E-state index contributed by atoms with van der Waals surface area (Å²) < 4.78 is 11.1. The van der Waals surface area contributed by atoms with Crippen molar-refractivity contribution >= 4 is 17.7 Å². The molecule has 2 N–H and O–H groups in total. The zero-order chi connectivity index (χ0) is 20.6. The zero-order valence-corrected chi connectivity index (χ0v) is 15.9. The second-order valence-electron chi connectivity index (χ2n) is 7.48. The third-order valence-electron chi connectivity index (χ3n) is 4.11. The van der Waals surface area contributed by atoms with Gasteiger partial charge in [0.05, 0.1) is 12.1 Å². The topological polar surface area (TPSA) is 140 Å². The van der Waals surface area contributed by atoms with Crippen molar-refractivity contribution in [1.29, 1.82) is 0 Å². The molecule has 1 saturated heterocycles. The van der Waals surface area contributed by atoms with Gasteiger partial charge in [0, 0.05) is 20.1 Å². The average molecular weight is 391 g/mol. The molecule has 11 nitrogen and oxygen atoms in total. The van der Waals surface area contributed by atoms with E-state index in [9.17, 15) is 19.5 Å². The molecule has 0 radical (unpaired) electrons. The molecule has 11 heteroatoms. The Hall–Kier alpha value is -3.37. The van der Waals surface area contributed by atoms with Gasteiger partial charge in [0.15, 0.2) is 5.69 Å². The Kier molecular flexibility index (Phi) is 4.84. The summed E-state index contributed by atoms with van der Waals surface area (Å²) in [6.07, 6.45) is 2.00. The van der Waals surface area contributed by atoms with Crippen LogP contribution in [0.15, 0.2) is 21.8 Å². The number of aromatic nitrogens is 3. The first-order chi connectivity index (χ1) is 13.1. The SMILES string of the molecule is Cn1c(C2CN(C(=O)OC(C)(C)C)C2)nc(C(=O)Nc2cnoc2)c(O)c1=O. The molecule has 0 aliphatic carbocycles. The molecule has 0 atom stereocenters. The van der Waals surface area contributed by atoms with Crippen molar-refractivity contribution in [2.75, 3.05) is 18.4 Å². The van der Waals surface area contributed by atoms with Gasteiger partial charge in [-0.05, 0) is 20.8 Å². The molecule has 0 unspecified atom stereocenters. The van der Waals surface area contributed by atoms with Gasteiger partial charge in [-0.3, -0.25) is 14.2 Å². The predicted octanol–water partition coefficient (Wildman–Crippen LogP) is 1.06. The van der Waals surface area contributed by atoms with E-state index in [4.69, 9.17) is 4.74 Å². The first-order valence-corrected chi connectivity index (χ1v) is 8.55. The molecule has 1 fully saturated rings. The summed E-state index contributed by atoms with van der Waals surface area (Å²) in [7, 11) is 1.45. The maximum atomic E-state index is 12.4. The number of carbonyl (C=O) groups excluding carboxylic acids is 2. The molecule has 0 bridgehead atoms. The van der Waals surface area contributed by atoms with Gasteiger partial charge < -0.3 is 24.6 Å². The number of hydrogen-bond donors (Lipinski definition) is 2. The number of hydrogen-bond acceptors (Lipinski definition) is 8. The van der Waals surface area contributed by atoms with Crippen molar-refractivity contribution in [3.63, 3.8) is 0 Å². The van der Waals surface area contributed by atoms with E-state index >= 15 is 0 Å². The number of amides is 2. The van der Waals surface area contributed by atoms with Crippen molar-refractivity contribution in [3.05, 3.63) is 34.3 Å². The van der Waals surface area contributed by atoms with Gasteiger partial charge in [-0.1, -0.05) is 5.16 Å². The number of carbonyl (C=O) groups is 2. The minimum absolute atomic E-state index is 0.258. The van der Waals surface area contributed by atoms with E-state index in [1.54, 1.807) is 20.8 Å². The maximum absolute atomic E-state index is 12.4. The molecule has 0 spiro atoms. The van der Waals surface area contributed by atoms with Crippen LogP contribution in [0.1, 0.15) is 43.0 Å². The zero-order valence-electron chi connectivity index (χ0n) is 15.9. The van der Waals surface area contributed by atoms with Gasteiger partial charge in [0.25, 0.3) is 11.5 Å². The fourth-order valence-electron chi connectivity index (χ4n) is 2.70. The molecule has 2 aromatic rings. The highest BCUT2D eigenvalue weighted by atomic mass is 16.6. The van der Waals surface area contributed by atoms with E-state index < -0.39 is 34.6 Å². The van der Waals surface area contributed by atoms with E-state index in [-0.39, 0.29) is 30.5 Å². The lowest BCUT2D eigenvalue weighted by Gasteiger charge is -2.39. The van der Waals surface area contributed by atoms with E-state index in [0.717, 1.165) is 0 Å². The summed E-state index contributed by atoms with van der Waals surface area (Å²) >= 11 is 0. The third-order valence-corrected chi connectivity index (χ3v) is 4.11. The monoisotopic (exact) mass is 391 g/mol. The molecule has 3 rings (SSSR count). The van der Waals surface area contributed by atoms with Crippen LogP contribution in [-0.4, -0.2) is 55.4 Å². The van der Waals surface area contributed by atoms with E-state index in [2.05, 4.69) is 20.0 Å². The largest absolute Gasteiger partial charge is 0.501 e. The number of rotatable bonds is 3. The standard InChI is InChI=1S/C17H21N5O6/c1-17(2,3)28-16(26)22-6-9(7-22)13-20-11(12(23)15(25)21(13)4)14(24)19-10-5-18-27-8-10/h5,8-9,23H,6-7H2,1-4H3,(H,19,24). The second kappa shape index (κ2) is 6.98. The smallest absolute Gasteiger partial charge is 0.410 e. The molecule has 1 aliphatic heterocycles. The first-order valence-electron chi connectivity index (χ1n) is 8.55. The van der Waals surface area contributed by atoms with Crippen LogP contribution in [-0.2, 0) is 11.8 Å². The van der Waals surface area contributed by atoms with Crippen molar-refractivity contribution in [1.82, 2.24) is 19.6 Å². The summed E-state index contributed by atoms with van der Waals surface area (Å²) in [6.45, 7) is 5.88. The molecule has 0 aromatic carbocycles. The number of likely N-dealkylation sites (tertiary alicyclic amines) is 1. The minimum atomic E-state index is -0.775. The van der Waals surface area contributed by atoms with Crippen LogP contribution in [0.4, 0.5) is 10.5 Å². The van der Waals surface area contributed by atoms with Crippen molar-refractivity contribution in [2.45, 2.75) is 32.3 Å². The van der Waals surface area contributed by atoms with E-state index in [0.29, 0.717) is 0 Å². The van der Waals surface area contributed by atoms with Crippen molar-refractivity contribution in [3.8, 4) is 5.75 Å². The van der Waals surface area contributed by atoms with Gasteiger partial charge in [0.2, 0.25) is 5.75 Å². The normalized spacial score (nSPS) is 14.5. The molecule has 2 amide bonds. The van der Waals surface area contributed by atoms with Crippen LogP contribution < -0.4 is 10.9 Å². The van der Waals surface area contributed by atoms with Crippen LogP contribution in [0.3, 0.4) is 0 Å². The number of anilines is 1. The van der Waals surface area contributed by atoms with Crippen LogP contribution in [0.25, 0.3) is 0 Å². The Morgan fingerprint density at radius 2 is 2.04 bits per heavy atom. The Labute approximate surface area is 159 Å². The fraction of sp³-hybridized carbons (Fsp3) is 0.471. The summed E-state index contributed by atoms with van der Waals surface area (Å²) in [5.74, 6) is -1.52. The molecule has 1 aliphatic rings. The molecule has 150 valence electrons. The maximum Gasteiger partial charge on any atom is 0.410 e. The Bertz CT molecular complexity index is 954. The number of aromatic hydroxyl groups is 1. The van der Waals surface area contributed by atoms with Gasteiger partial charge in [0.1, 0.15) is 23.4 Å². The number of nitrogens with one attached hydrogen (secondary N) is 1. The molecular formula is C17H21N5O6. The van der Waals surface area contributed by atoms with Gasteiger partial charge >= 0.3 is 6.09 Å². The average Bonchev–Trinajstić information content (AvgIpc) is 3.04. The van der Waals surface area contributed by atoms with Gasteiger partial charge in [-0.15, -0.1) is 0 Å². The Morgan fingerprint density at radius 1 is 1.36 bits per heavy atom. The van der Waals surface area contributed by atoms with Gasteiger partial charge in [-0.2, -0.15) is 0 Å². The van der Waals surface area contributed by atoms with Crippen LogP contribution in [0.5, 0.6) is 5.75 Å². The molecular weight excluding hydrogens is 370 g/mol. The summed E-state index contributed by atoms with van der Waals surface area (Å²) in [6, 6.07) is 0. The van der Waals surface area contributed by atoms with Crippen molar-refractivity contribution < 1.29 is 24.0 Å². The lowest BCUT2D eigenvalue weighted by Crippen LogP contribution is -2.51. The van der Waals surface area contributed by atoms with E-state index in [1.807, 2.05) is 0 Å². The first kappa shape index (κ1) is 19.4. The van der Waals surface area contributed by atoms with Crippen molar-refractivity contribution in [2.24, 2.45) is 7.05 Å². The van der Waals surface area contributed by atoms with E-state index in [1.165, 1.54) is 29.0 Å². The van der Waals surface area contributed by atoms with Crippen LogP contribution in [0, 0.1) is 0 Å². The van der Waals surface area contributed by atoms with Crippen LogP contribution >= 0.6 is 0 Å². The molecule has 28 heavy (non-hydrogen) atoms. The highest BCUT2D eigenvalue weighted by Crippen LogP contribution is 2.28. The third kappa shape index (κ3) is 3.82. The number of nitrogens with zero attached hydrogens (tertiary/aromatic N) is 4. The summed E-state index contributed by atoms with van der Waals surface area (Å²) in [5, 5.41) is 15.9. The molecule has 3 heterocycles. The highest BCUT2D eigenvalue weighted by Gasteiger charge is 2.37.